The predicted octanol–water partition coefficient (Wildman–Crippen LogP) is 4.89. The molecule has 1 aliphatic rings. The Hall–Kier alpha value is -5.06. The summed E-state index contributed by atoms with van der Waals surface area (Å²) in [4.78, 5) is 39.9. The molecule has 1 N–H and O–H groups in total. The topological polar surface area (TPSA) is 143 Å². The van der Waals surface area contributed by atoms with Crippen molar-refractivity contribution in [2.24, 2.45) is 0 Å². The zero-order valence-corrected chi connectivity index (χ0v) is 25.2. The zero-order chi connectivity index (χ0) is 32.2. The summed E-state index contributed by atoms with van der Waals surface area (Å²) in [7, 11) is 4.66. The number of carbonyl (C=O) groups is 2. The number of likely N-dealkylation sites (tertiary alicyclic amines) is 1. The van der Waals surface area contributed by atoms with Crippen LogP contribution in [0, 0.1) is 11.3 Å². The Kier molecular flexibility index (Phi) is 9.17. The van der Waals surface area contributed by atoms with Gasteiger partial charge in [-0.15, -0.1) is 0 Å². The normalized spacial score (nSPS) is 16.0. The van der Waals surface area contributed by atoms with Crippen LogP contribution in [-0.2, 0) is 4.74 Å². The molecule has 0 aliphatic carbocycles. The average molecular weight is 610 g/mol. The summed E-state index contributed by atoms with van der Waals surface area (Å²) in [5.41, 5.74) is 0.474. The van der Waals surface area contributed by atoms with Gasteiger partial charge < -0.3 is 29.3 Å². The third kappa shape index (κ3) is 7.47. The van der Waals surface area contributed by atoms with Crippen molar-refractivity contribution >= 4 is 23.6 Å². The molecule has 1 aliphatic heterocycles. The number of benzene rings is 1. The molecular weight excluding hydrogens is 576 g/mol. The first-order valence-electron chi connectivity index (χ1n) is 13.6. The lowest BCUT2D eigenvalue weighted by Gasteiger charge is -2.38. The van der Waals surface area contributed by atoms with Crippen LogP contribution >= 0.6 is 0 Å². The summed E-state index contributed by atoms with van der Waals surface area (Å²) >= 11 is 0. The van der Waals surface area contributed by atoms with Gasteiger partial charge in [0.1, 0.15) is 40.9 Å². The third-order valence-corrected chi connectivity index (χ3v) is 6.46. The van der Waals surface area contributed by atoms with Gasteiger partial charge in [-0.1, -0.05) is 0 Å². The number of hydrogen-bond acceptors (Lipinski definition) is 10. The van der Waals surface area contributed by atoms with Gasteiger partial charge in [-0.2, -0.15) is 10.2 Å². The number of carbonyl (C=O) groups excluding carboxylic acids is 2. The third-order valence-electron chi connectivity index (χ3n) is 6.46. The number of piperidine rings is 1. The molecule has 0 bridgehead atoms. The number of nitrogens with zero attached hydrogens (tertiary/aromatic N) is 6. The van der Waals surface area contributed by atoms with Gasteiger partial charge in [0, 0.05) is 38.7 Å². The Morgan fingerprint density at radius 3 is 2.52 bits per heavy atom. The van der Waals surface area contributed by atoms with Crippen molar-refractivity contribution in [3.05, 3.63) is 53.9 Å². The first-order valence-corrected chi connectivity index (χ1v) is 13.6. The van der Waals surface area contributed by atoms with E-state index in [1.807, 2.05) is 6.07 Å². The highest BCUT2D eigenvalue weighted by molar-refractivity contribution is 5.96. The molecule has 2 aromatic heterocycles. The minimum atomic E-state index is -3.37. The van der Waals surface area contributed by atoms with E-state index in [9.17, 15) is 14.9 Å². The molecule has 1 atom stereocenters. The second kappa shape index (κ2) is 12.7. The van der Waals surface area contributed by atoms with E-state index in [1.165, 1.54) is 30.5 Å². The number of methoxy groups -OCH3 is 1. The van der Waals surface area contributed by atoms with Gasteiger partial charge in [-0.05, 0) is 51.1 Å². The number of halogens is 2. The Balaban J connectivity index is 1.49. The van der Waals surface area contributed by atoms with Crippen molar-refractivity contribution in [1.82, 2.24) is 24.8 Å². The Bertz CT molecular complexity index is 1590. The molecule has 2 amide bonds. The molecule has 1 saturated heterocycles. The van der Waals surface area contributed by atoms with E-state index in [0.717, 1.165) is 4.90 Å². The number of amides is 2. The lowest BCUT2D eigenvalue weighted by atomic mass is 10.0. The molecule has 0 spiro atoms. The quantitative estimate of drug-likeness (QED) is 0.393. The minimum absolute atomic E-state index is 0.0114. The molecule has 0 saturated carbocycles. The van der Waals surface area contributed by atoms with Crippen LogP contribution in [0.25, 0.3) is 11.3 Å². The van der Waals surface area contributed by atoms with Gasteiger partial charge in [-0.25, -0.2) is 23.5 Å². The van der Waals surface area contributed by atoms with E-state index in [0.29, 0.717) is 28.5 Å². The van der Waals surface area contributed by atoms with Crippen LogP contribution in [0.2, 0.25) is 0 Å². The minimum Gasteiger partial charge on any atom is -0.483 e. The zero-order valence-electron chi connectivity index (χ0n) is 25.2. The van der Waals surface area contributed by atoms with Crippen LogP contribution in [0.3, 0.4) is 0 Å². The molecule has 0 radical (unpaired) electrons. The van der Waals surface area contributed by atoms with Gasteiger partial charge in [0.05, 0.1) is 24.9 Å². The smallest absolute Gasteiger partial charge is 0.410 e. The molecule has 14 heteroatoms. The summed E-state index contributed by atoms with van der Waals surface area (Å²) in [6.07, 6.45) is -1.20. The maximum atomic E-state index is 15.0. The second-order valence-corrected chi connectivity index (χ2v) is 11.2. The van der Waals surface area contributed by atoms with E-state index in [4.69, 9.17) is 14.2 Å². The van der Waals surface area contributed by atoms with E-state index >= 15 is 8.78 Å². The van der Waals surface area contributed by atoms with E-state index < -0.39 is 30.3 Å². The fourth-order valence-electron chi connectivity index (χ4n) is 4.36. The van der Waals surface area contributed by atoms with Crippen molar-refractivity contribution in [2.45, 2.75) is 44.8 Å². The number of anilines is 2. The van der Waals surface area contributed by atoms with Crippen molar-refractivity contribution in [3.8, 4) is 29.0 Å². The number of nitrogens with one attached hydrogen (secondary N) is 1. The fraction of sp³-hybridized carbons (Fsp3) is 0.400. The number of alkyl halides is 2. The van der Waals surface area contributed by atoms with Crippen molar-refractivity contribution in [1.29, 1.82) is 5.26 Å². The van der Waals surface area contributed by atoms with Crippen molar-refractivity contribution < 1.29 is 32.6 Å². The largest absolute Gasteiger partial charge is 0.483 e. The molecule has 232 valence electrons. The summed E-state index contributed by atoms with van der Waals surface area (Å²) in [5, 5.41) is 12.8. The van der Waals surface area contributed by atoms with Gasteiger partial charge >= 0.3 is 12.0 Å². The fourth-order valence-corrected chi connectivity index (χ4v) is 4.36. The number of ether oxygens (including phenoxy) is 3. The van der Waals surface area contributed by atoms with Crippen LogP contribution < -0.4 is 14.8 Å². The number of aromatic nitrogens is 3. The molecular formula is C30H33F2N7O5. The maximum Gasteiger partial charge on any atom is 0.410 e. The van der Waals surface area contributed by atoms with Crippen LogP contribution in [0.5, 0.6) is 11.6 Å². The van der Waals surface area contributed by atoms with Crippen LogP contribution in [0.1, 0.15) is 43.1 Å². The van der Waals surface area contributed by atoms with E-state index in [1.54, 1.807) is 59.1 Å². The standard InChI is InChI=1S/C30H33F2N7O5/c1-29(2,3)44-28(41)39-12-11-23(30(31,32)16-39)43-22-9-7-18(13-19(22)15-33)21-14-25(35-17-34-21)36-24-10-8-20(26(37-24)42-6)27(40)38(4)5/h7-10,13-14,17,23H,11-12,16H2,1-6H3,(H,34,35,36,37)/t23-/m0/s1. The molecule has 0 unspecified atom stereocenters. The highest BCUT2D eigenvalue weighted by Gasteiger charge is 2.48. The van der Waals surface area contributed by atoms with Gasteiger partial charge in [0.25, 0.3) is 5.91 Å². The first kappa shape index (κ1) is 31.9. The highest BCUT2D eigenvalue weighted by atomic mass is 19.3. The molecule has 3 aromatic rings. The van der Waals surface area contributed by atoms with E-state index in [-0.39, 0.29) is 36.1 Å². The Morgan fingerprint density at radius 2 is 1.89 bits per heavy atom. The Morgan fingerprint density at radius 1 is 1.14 bits per heavy atom. The van der Waals surface area contributed by atoms with Crippen LogP contribution in [-0.4, -0.2) is 88.7 Å². The monoisotopic (exact) mass is 609 g/mol. The molecule has 3 heterocycles. The summed E-state index contributed by atoms with van der Waals surface area (Å²) in [5.74, 6) is -2.78. The molecule has 1 fully saturated rings. The molecule has 4 rings (SSSR count). The lowest BCUT2D eigenvalue weighted by Crippen LogP contribution is -2.56. The van der Waals surface area contributed by atoms with Crippen molar-refractivity contribution in [2.75, 3.05) is 39.6 Å². The maximum absolute atomic E-state index is 15.0. The SMILES string of the molecule is COc1nc(Nc2cc(-c3ccc(O[C@H]4CCN(C(=O)OC(C)(C)C)CC4(F)F)c(C#N)c3)ncn2)ccc1C(=O)N(C)C. The van der Waals surface area contributed by atoms with Gasteiger partial charge in [-0.3, -0.25) is 4.79 Å². The highest BCUT2D eigenvalue weighted by Crippen LogP contribution is 2.34. The van der Waals surface area contributed by atoms with Crippen molar-refractivity contribution in [3.63, 3.8) is 0 Å². The second-order valence-electron chi connectivity index (χ2n) is 11.2. The summed E-state index contributed by atoms with van der Waals surface area (Å²) < 4.78 is 46.2. The van der Waals surface area contributed by atoms with Gasteiger partial charge in [0.15, 0.2) is 6.10 Å². The molecule has 12 nitrogen and oxygen atoms in total. The number of pyridine rings is 1. The first-order chi connectivity index (χ1) is 20.7. The number of nitriles is 1. The molecule has 1 aromatic carbocycles. The Labute approximate surface area is 253 Å². The van der Waals surface area contributed by atoms with Gasteiger partial charge in [0.2, 0.25) is 5.88 Å². The number of hydrogen-bond donors (Lipinski definition) is 1. The average Bonchev–Trinajstić information content (AvgIpc) is 2.96. The number of rotatable bonds is 7. The van der Waals surface area contributed by atoms with Crippen LogP contribution in [0.4, 0.5) is 25.2 Å². The van der Waals surface area contributed by atoms with Crippen LogP contribution in [0.15, 0.2) is 42.7 Å². The molecule has 44 heavy (non-hydrogen) atoms. The van der Waals surface area contributed by atoms with E-state index in [2.05, 4.69) is 20.3 Å². The lowest BCUT2D eigenvalue weighted by molar-refractivity contribution is -0.137. The summed E-state index contributed by atoms with van der Waals surface area (Å²) in [6.45, 7) is 4.14. The predicted molar refractivity (Wildman–Crippen MR) is 156 cm³/mol. The summed E-state index contributed by atoms with van der Waals surface area (Å²) in [6, 6.07) is 11.3.